The molecule has 3 heteroatoms. The number of aliphatic hydroxyl groups is 1. The third kappa shape index (κ3) is 2.12. The summed E-state index contributed by atoms with van der Waals surface area (Å²) >= 11 is 0. The van der Waals surface area contributed by atoms with Gasteiger partial charge in [-0.1, -0.05) is 6.07 Å². The summed E-state index contributed by atoms with van der Waals surface area (Å²) in [6.45, 7) is 1.40. The molecule has 0 aliphatic rings. The largest absolute Gasteiger partial charge is 0.493 e. The maximum absolute atomic E-state index is 9.44. The van der Waals surface area contributed by atoms with E-state index in [2.05, 4.69) is 0 Å². The van der Waals surface area contributed by atoms with Crippen LogP contribution < -0.4 is 9.47 Å². The van der Waals surface area contributed by atoms with Crippen LogP contribution in [0.15, 0.2) is 18.2 Å². The van der Waals surface area contributed by atoms with Crippen molar-refractivity contribution in [1.82, 2.24) is 0 Å². The van der Waals surface area contributed by atoms with Crippen LogP contribution in [-0.2, 0) is 0 Å². The molecule has 1 aromatic rings. The minimum atomic E-state index is -1.61. The quantitative estimate of drug-likeness (QED) is 0.776. The Labute approximate surface area is 79.3 Å². The zero-order valence-electron chi connectivity index (χ0n) is 9.00. The highest BCUT2D eigenvalue weighted by Crippen LogP contribution is 2.29. The van der Waals surface area contributed by atoms with E-state index in [1.54, 1.807) is 18.2 Å². The Kier molecular flexibility index (Phi) is 2.67. The van der Waals surface area contributed by atoms with Gasteiger partial charge in [0.15, 0.2) is 11.5 Å². The first kappa shape index (κ1) is 8.38. The molecule has 1 N–H and O–H groups in total. The summed E-state index contributed by atoms with van der Waals surface area (Å²) in [5, 5.41) is 9.44. The molecule has 1 rings (SSSR count). The Morgan fingerprint density at radius 1 is 1.31 bits per heavy atom. The number of hydrogen-bond acceptors (Lipinski definition) is 3. The fourth-order valence-corrected chi connectivity index (χ4v) is 1.06. The van der Waals surface area contributed by atoms with Crippen LogP contribution in [0, 0.1) is 0 Å². The van der Waals surface area contributed by atoms with Crippen LogP contribution in [0.5, 0.6) is 11.5 Å². The Balaban J connectivity index is 3.14. The van der Waals surface area contributed by atoms with Gasteiger partial charge in [-0.25, -0.2) is 0 Å². The monoisotopic (exact) mass is 183 g/mol. The van der Waals surface area contributed by atoms with Crippen molar-refractivity contribution in [3.63, 3.8) is 0 Å². The number of rotatable bonds is 3. The lowest BCUT2D eigenvalue weighted by Gasteiger charge is -2.10. The van der Waals surface area contributed by atoms with Gasteiger partial charge < -0.3 is 14.6 Å². The predicted molar refractivity (Wildman–Crippen MR) is 50.2 cm³/mol. The smallest absolute Gasteiger partial charge is 0.161 e. The zero-order valence-corrected chi connectivity index (χ0v) is 8.00. The molecule has 3 nitrogen and oxygen atoms in total. The highest BCUT2D eigenvalue weighted by molar-refractivity contribution is 5.43. The molecule has 0 spiro atoms. The van der Waals surface area contributed by atoms with Crippen molar-refractivity contribution in [2.45, 2.75) is 13.0 Å². The Morgan fingerprint density at radius 3 is 2.38 bits per heavy atom. The van der Waals surface area contributed by atoms with Gasteiger partial charge in [-0.05, 0) is 24.6 Å². The number of hydrogen-bond donors (Lipinski definition) is 1. The van der Waals surface area contributed by atoms with Gasteiger partial charge in [-0.3, -0.25) is 0 Å². The second-order valence-corrected chi connectivity index (χ2v) is 2.66. The van der Waals surface area contributed by atoms with Crippen molar-refractivity contribution < 1.29 is 16.0 Å². The molecule has 0 aromatic heterocycles. The SMILES string of the molecule is [2H][C@](C)(O)c1ccc(OC)c(OC)c1. The molecule has 72 valence electrons. The van der Waals surface area contributed by atoms with E-state index in [0.29, 0.717) is 17.1 Å². The molecule has 0 unspecified atom stereocenters. The molecular weight excluding hydrogens is 168 g/mol. The van der Waals surface area contributed by atoms with E-state index in [-0.39, 0.29) is 0 Å². The second kappa shape index (κ2) is 4.14. The summed E-state index contributed by atoms with van der Waals surface area (Å²) in [6.07, 6.45) is -1.61. The molecule has 0 fully saturated rings. The maximum atomic E-state index is 9.44. The van der Waals surface area contributed by atoms with Gasteiger partial charge in [-0.2, -0.15) is 0 Å². The van der Waals surface area contributed by atoms with Crippen molar-refractivity contribution in [3.8, 4) is 11.5 Å². The van der Waals surface area contributed by atoms with Crippen molar-refractivity contribution >= 4 is 0 Å². The third-order valence-electron chi connectivity index (χ3n) is 1.80. The molecule has 0 saturated heterocycles. The first-order valence-corrected chi connectivity index (χ1v) is 3.94. The predicted octanol–water partition coefficient (Wildman–Crippen LogP) is 1.76. The topological polar surface area (TPSA) is 38.7 Å². The van der Waals surface area contributed by atoms with E-state index in [0.717, 1.165) is 0 Å². The summed E-state index contributed by atoms with van der Waals surface area (Å²) in [4.78, 5) is 0. The summed E-state index contributed by atoms with van der Waals surface area (Å²) in [6, 6.07) is 4.89. The molecule has 0 aliphatic carbocycles. The fraction of sp³-hybridized carbons (Fsp3) is 0.400. The molecule has 0 aliphatic heterocycles. The van der Waals surface area contributed by atoms with E-state index in [4.69, 9.17) is 10.8 Å². The van der Waals surface area contributed by atoms with E-state index in [9.17, 15) is 5.11 Å². The normalized spacial score (nSPS) is 15.8. The maximum Gasteiger partial charge on any atom is 0.161 e. The van der Waals surface area contributed by atoms with Crippen molar-refractivity contribution in [2.75, 3.05) is 14.2 Å². The minimum Gasteiger partial charge on any atom is -0.493 e. The van der Waals surface area contributed by atoms with Gasteiger partial charge in [0.2, 0.25) is 0 Å². The molecule has 0 amide bonds. The molecule has 0 bridgehead atoms. The van der Waals surface area contributed by atoms with Gasteiger partial charge in [0.05, 0.1) is 21.7 Å². The fourth-order valence-electron chi connectivity index (χ4n) is 1.06. The molecular formula is C10H14O3. The average Bonchev–Trinajstić information content (AvgIpc) is 2.15. The standard InChI is InChI=1S/C10H14O3/c1-7(11)8-4-5-9(12-2)10(6-8)13-3/h4-7,11H,1-3H3/t7-/m1/s1/i7D. The van der Waals surface area contributed by atoms with Gasteiger partial charge in [0.1, 0.15) is 0 Å². The Morgan fingerprint density at radius 2 is 1.92 bits per heavy atom. The van der Waals surface area contributed by atoms with Crippen LogP contribution in [0.1, 0.15) is 19.9 Å². The van der Waals surface area contributed by atoms with Crippen LogP contribution in [0.2, 0.25) is 0 Å². The molecule has 0 radical (unpaired) electrons. The van der Waals surface area contributed by atoms with E-state index < -0.39 is 6.08 Å². The van der Waals surface area contributed by atoms with E-state index >= 15 is 0 Å². The summed E-state index contributed by atoms with van der Waals surface area (Å²) in [5.41, 5.74) is 0.468. The molecule has 1 aromatic carbocycles. The second-order valence-electron chi connectivity index (χ2n) is 2.66. The molecule has 0 heterocycles. The van der Waals surface area contributed by atoms with E-state index in [1.807, 2.05) is 0 Å². The van der Waals surface area contributed by atoms with Gasteiger partial charge in [-0.15, -0.1) is 0 Å². The molecule has 1 atom stereocenters. The lowest BCUT2D eigenvalue weighted by molar-refractivity contribution is 0.198. The average molecular weight is 183 g/mol. The number of ether oxygens (including phenoxy) is 2. The lowest BCUT2D eigenvalue weighted by atomic mass is 10.1. The third-order valence-corrected chi connectivity index (χ3v) is 1.80. The Bertz CT molecular complexity index is 318. The molecule has 13 heavy (non-hydrogen) atoms. The first-order chi connectivity index (χ1) is 6.49. The van der Waals surface area contributed by atoms with Gasteiger partial charge >= 0.3 is 0 Å². The van der Waals surface area contributed by atoms with Crippen LogP contribution in [0.25, 0.3) is 0 Å². The van der Waals surface area contributed by atoms with Gasteiger partial charge in [0, 0.05) is 0 Å². The minimum absolute atomic E-state index is 0.468. The highest BCUT2D eigenvalue weighted by atomic mass is 16.5. The first-order valence-electron chi connectivity index (χ1n) is 4.44. The Hall–Kier alpha value is -1.22. The lowest BCUT2D eigenvalue weighted by Crippen LogP contribution is -1.95. The van der Waals surface area contributed by atoms with Crippen LogP contribution >= 0.6 is 0 Å². The highest BCUT2D eigenvalue weighted by Gasteiger charge is 2.06. The van der Waals surface area contributed by atoms with Crippen LogP contribution in [-0.4, -0.2) is 19.3 Å². The van der Waals surface area contributed by atoms with Crippen molar-refractivity contribution in [2.24, 2.45) is 0 Å². The summed E-state index contributed by atoms with van der Waals surface area (Å²) < 4.78 is 17.5. The molecule has 0 saturated carbocycles. The number of methoxy groups -OCH3 is 2. The summed E-state index contributed by atoms with van der Waals surface area (Å²) in [7, 11) is 3.05. The van der Waals surface area contributed by atoms with Crippen molar-refractivity contribution in [1.29, 1.82) is 0 Å². The van der Waals surface area contributed by atoms with Gasteiger partial charge in [0.25, 0.3) is 0 Å². The van der Waals surface area contributed by atoms with Crippen molar-refractivity contribution in [3.05, 3.63) is 23.8 Å². The van der Waals surface area contributed by atoms with E-state index in [1.165, 1.54) is 21.1 Å². The van der Waals surface area contributed by atoms with Crippen LogP contribution in [0.4, 0.5) is 0 Å². The number of benzene rings is 1. The summed E-state index contributed by atoms with van der Waals surface area (Å²) in [5.74, 6) is 1.10. The zero-order chi connectivity index (χ0) is 10.8. The van der Waals surface area contributed by atoms with Crippen LogP contribution in [0.3, 0.4) is 0 Å².